The third-order valence-corrected chi connectivity index (χ3v) is 3.60. The van der Waals surface area contributed by atoms with Gasteiger partial charge in [-0.1, -0.05) is 18.2 Å². The topological polar surface area (TPSA) is 29.5 Å². The van der Waals surface area contributed by atoms with Crippen molar-refractivity contribution in [3.8, 4) is 5.75 Å². The normalized spacial score (nSPS) is 11.9. The molecule has 0 N–H and O–H groups in total. The minimum Gasteiger partial charge on any atom is -0.496 e. The molecule has 0 aliphatic rings. The van der Waals surface area contributed by atoms with Crippen LogP contribution in [0.25, 0.3) is 0 Å². The summed E-state index contributed by atoms with van der Waals surface area (Å²) >= 11 is 0. The third-order valence-electron chi connectivity index (χ3n) is 3.60. The maximum absolute atomic E-state index is 13.3. The lowest BCUT2D eigenvalue weighted by atomic mass is 10.0. The Labute approximate surface area is 128 Å². The molecule has 1 amide bonds. The average molecular weight is 305 g/mol. The van der Waals surface area contributed by atoms with Crippen LogP contribution in [0.15, 0.2) is 42.5 Å². The van der Waals surface area contributed by atoms with Crippen LogP contribution in [0.3, 0.4) is 0 Å². The smallest absolute Gasteiger partial charge is 0.254 e. The Balaban J connectivity index is 2.30. The van der Waals surface area contributed by atoms with Gasteiger partial charge in [0.1, 0.15) is 17.4 Å². The van der Waals surface area contributed by atoms with Gasteiger partial charge in [-0.2, -0.15) is 0 Å². The summed E-state index contributed by atoms with van der Waals surface area (Å²) in [4.78, 5) is 13.8. The minimum absolute atomic E-state index is 0.0262. The van der Waals surface area contributed by atoms with E-state index in [-0.39, 0.29) is 11.6 Å². The Bertz CT molecular complexity index is 668. The lowest BCUT2D eigenvalue weighted by Gasteiger charge is -2.26. The van der Waals surface area contributed by atoms with Crippen molar-refractivity contribution in [1.82, 2.24) is 4.90 Å². The van der Waals surface area contributed by atoms with Crippen LogP contribution in [-0.2, 0) is 0 Å². The Kier molecular flexibility index (Phi) is 4.75. The summed E-state index contributed by atoms with van der Waals surface area (Å²) in [6.07, 6.45) is 0. The maximum Gasteiger partial charge on any atom is 0.254 e. The fraction of sp³-hybridized carbons (Fsp3) is 0.235. The van der Waals surface area contributed by atoms with E-state index >= 15 is 0 Å². The number of hydrogen-bond donors (Lipinski definition) is 0. The largest absolute Gasteiger partial charge is 0.496 e. The van der Waals surface area contributed by atoms with Gasteiger partial charge >= 0.3 is 0 Å². The maximum atomic E-state index is 13.3. The summed E-state index contributed by atoms with van der Waals surface area (Å²) in [5.41, 5.74) is 0.791. The van der Waals surface area contributed by atoms with Crippen molar-refractivity contribution >= 4 is 5.91 Å². The van der Waals surface area contributed by atoms with Gasteiger partial charge in [-0.05, 0) is 25.1 Å². The molecule has 1 unspecified atom stereocenters. The van der Waals surface area contributed by atoms with E-state index in [1.54, 1.807) is 20.2 Å². The summed E-state index contributed by atoms with van der Waals surface area (Å²) in [6, 6.07) is 9.79. The van der Waals surface area contributed by atoms with Gasteiger partial charge in [0, 0.05) is 24.2 Å². The highest BCUT2D eigenvalue weighted by atomic mass is 19.1. The number of para-hydroxylation sites is 1. The number of halogens is 2. The molecule has 0 aliphatic carbocycles. The molecule has 0 heterocycles. The lowest BCUT2D eigenvalue weighted by Crippen LogP contribution is -2.30. The molecule has 2 rings (SSSR count). The molecule has 0 saturated heterocycles. The standard InChI is InChI=1S/C17H17F2NO2/c1-11(15-6-4-5-7-16(15)22-3)20(2)17(21)12-8-13(18)10-14(19)9-12/h4-11H,1-3H3. The molecular formula is C17H17F2NO2. The molecule has 0 bridgehead atoms. The van der Waals surface area contributed by atoms with Gasteiger partial charge in [0.25, 0.3) is 5.91 Å². The molecule has 0 spiro atoms. The van der Waals surface area contributed by atoms with Crippen LogP contribution in [0.1, 0.15) is 28.9 Å². The molecule has 0 fully saturated rings. The number of benzene rings is 2. The second-order valence-electron chi connectivity index (χ2n) is 4.99. The summed E-state index contributed by atoms with van der Waals surface area (Å²) in [5.74, 6) is -1.36. The molecule has 3 nitrogen and oxygen atoms in total. The molecule has 1 atom stereocenters. The Morgan fingerprint density at radius 2 is 1.73 bits per heavy atom. The van der Waals surface area contributed by atoms with Crippen molar-refractivity contribution in [2.75, 3.05) is 14.2 Å². The van der Waals surface area contributed by atoms with Crippen LogP contribution in [0.4, 0.5) is 8.78 Å². The van der Waals surface area contributed by atoms with Crippen molar-refractivity contribution in [1.29, 1.82) is 0 Å². The predicted molar refractivity (Wildman–Crippen MR) is 79.9 cm³/mol. The Morgan fingerprint density at radius 3 is 2.32 bits per heavy atom. The van der Waals surface area contributed by atoms with Gasteiger partial charge in [-0.25, -0.2) is 8.78 Å². The first-order valence-corrected chi connectivity index (χ1v) is 6.80. The van der Waals surface area contributed by atoms with E-state index in [1.807, 2.05) is 25.1 Å². The predicted octanol–water partition coefficient (Wildman–Crippen LogP) is 3.81. The van der Waals surface area contributed by atoms with E-state index in [0.717, 1.165) is 23.8 Å². The molecule has 5 heteroatoms. The van der Waals surface area contributed by atoms with E-state index in [4.69, 9.17) is 4.74 Å². The molecule has 22 heavy (non-hydrogen) atoms. The molecule has 2 aromatic carbocycles. The zero-order valence-electron chi connectivity index (χ0n) is 12.6. The van der Waals surface area contributed by atoms with Crippen molar-refractivity contribution in [2.24, 2.45) is 0 Å². The first-order chi connectivity index (χ1) is 10.4. The summed E-state index contributed by atoms with van der Waals surface area (Å²) in [5, 5.41) is 0. The summed E-state index contributed by atoms with van der Waals surface area (Å²) < 4.78 is 31.8. The van der Waals surface area contributed by atoms with Crippen molar-refractivity contribution in [2.45, 2.75) is 13.0 Å². The monoisotopic (exact) mass is 305 g/mol. The van der Waals surface area contributed by atoms with Crippen molar-refractivity contribution in [3.63, 3.8) is 0 Å². The molecule has 116 valence electrons. The van der Waals surface area contributed by atoms with Crippen LogP contribution >= 0.6 is 0 Å². The zero-order chi connectivity index (χ0) is 16.3. The SMILES string of the molecule is COc1ccccc1C(C)N(C)C(=O)c1cc(F)cc(F)c1. The highest BCUT2D eigenvalue weighted by molar-refractivity contribution is 5.94. The number of amides is 1. The fourth-order valence-electron chi connectivity index (χ4n) is 2.28. The second kappa shape index (κ2) is 6.56. The fourth-order valence-corrected chi connectivity index (χ4v) is 2.28. The van der Waals surface area contributed by atoms with E-state index in [9.17, 15) is 13.6 Å². The van der Waals surface area contributed by atoms with E-state index in [0.29, 0.717) is 5.75 Å². The van der Waals surface area contributed by atoms with Gasteiger partial charge in [0.05, 0.1) is 13.2 Å². The van der Waals surface area contributed by atoms with Gasteiger partial charge in [0.15, 0.2) is 0 Å². The number of rotatable bonds is 4. The lowest BCUT2D eigenvalue weighted by molar-refractivity contribution is 0.0740. The van der Waals surface area contributed by atoms with Gasteiger partial charge in [-0.3, -0.25) is 4.79 Å². The molecule has 0 aliphatic heterocycles. The number of nitrogens with zero attached hydrogens (tertiary/aromatic N) is 1. The molecule has 0 radical (unpaired) electrons. The van der Waals surface area contributed by atoms with Crippen LogP contribution in [-0.4, -0.2) is 25.0 Å². The van der Waals surface area contributed by atoms with Gasteiger partial charge in [0.2, 0.25) is 0 Å². The van der Waals surface area contributed by atoms with E-state index in [1.165, 1.54) is 4.90 Å². The summed E-state index contributed by atoms with van der Waals surface area (Å²) in [6.45, 7) is 1.82. The van der Waals surface area contributed by atoms with Crippen LogP contribution < -0.4 is 4.74 Å². The molecule has 2 aromatic rings. The van der Waals surface area contributed by atoms with Crippen molar-refractivity contribution < 1.29 is 18.3 Å². The second-order valence-corrected chi connectivity index (χ2v) is 4.99. The van der Waals surface area contributed by atoms with E-state index < -0.39 is 17.5 Å². The number of ether oxygens (including phenoxy) is 1. The van der Waals surface area contributed by atoms with Crippen molar-refractivity contribution in [3.05, 3.63) is 65.2 Å². The summed E-state index contributed by atoms with van der Waals surface area (Å²) in [7, 11) is 3.14. The number of hydrogen-bond acceptors (Lipinski definition) is 2. The number of carbonyl (C=O) groups excluding carboxylic acids is 1. The first-order valence-electron chi connectivity index (χ1n) is 6.80. The van der Waals surface area contributed by atoms with Crippen LogP contribution in [0.5, 0.6) is 5.75 Å². The molecular weight excluding hydrogens is 288 g/mol. The average Bonchev–Trinajstić information content (AvgIpc) is 2.51. The van der Waals surface area contributed by atoms with Crippen LogP contribution in [0, 0.1) is 11.6 Å². The Hall–Kier alpha value is -2.43. The zero-order valence-corrected chi connectivity index (χ0v) is 12.6. The highest BCUT2D eigenvalue weighted by Gasteiger charge is 2.22. The number of methoxy groups -OCH3 is 1. The van der Waals surface area contributed by atoms with Crippen LogP contribution in [0.2, 0.25) is 0 Å². The van der Waals surface area contributed by atoms with Gasteiger partial charge in [-0.15, -0.1) is 0 Å². The third kappa shape index (κ3) is 3.24. The van der Waals surface area contributed by atoms with Gasteiger partial charge < -0.3 is 9.64 Å². The minimum atomic E-state index is -0.776. The number of carbonyl (C=O) groups is 1. The highest BCUT2D eigenvalue weighted by Crippen LogP contribution is 2.29. The van der Waals surface area contributed by atoms with E-state index in [2.05, 4.69) is 0 Å². The molecule has 0 aromatic heterocycles. The Morgan fingerprint density at radius 1 is 1.14 bits per heavy atom. The quantitative estimate of drug-likeness (QED) is 0.859. The molecule has 0 saturated carbocycles. The first kappa shape index (κ1) is 15.9.